The molecule has 0 saturated heterocycles. The van der Waals surface area contributed by atoms with E-state index >= 15 is 0 Å². The van der Waals surface area contributed by atoms with Gasteiger partial charge >= 0.3 is 5.97 Å². The number of imidazole rings is 1. The number of carbonyl (C=O) groups is 1. The first-order valence-electron chi connectivity index (χ1n) is 5.52. The average molecular weight is 233 g/mol. The zero-order valence-electron chi connectivity index (χ0n) is 9.60. The number of nitrogens with zero attached hydrogens (tertiary/aromatic N) is 1. The Bertz CT molecular complexity index is 521. The van der Waals surface area contributed by atoms with Crippen LogP contribution < -0.4 is 5.32 Å². The second-order valence-corrected chi connectivity index (χ2v) is 4.12. The number of carboxylic acids is 1. The number of fused-ring (bicyclic) bond motifs is 1. The van der Waals surface area contributed by atoms with Crippen LogP contribution in [0.2, 0.25) is 0 Å². The second-order valence-electron chi connectivity index (χ2n) is 4.12. The summed E-state index contributed by atoms with van der Waals surface area (Å²) in [7, 11) is 0. The van der Waals surface area contributed by atoms with Gasteiger partial charge in [0.2, 0.25) is 0 Å². The van der Waals surface area contributed by atoms with E-state index in [2.05, 4.69) is 15.3 Å². The lowest BCUT2D eigenvalue weighted by Gasteiger charge is -2.08. The molecule has 0 radical (unpaired) electrons. The number of nitrogens with one attached hydrogen (secondary N) is 2. The van der Waals surface area contributed by atoms with Crippen molar-refractivity contribution in [2.75, 3.05) is 6.54 Å². The Hall–Kier alpha value is -1.88. The van der Waals surface area contributed by atoms with E-state index < -0.39 is 5.97 Å². The van der Waals surface area contributed by atoms with Crippen LogP contribution in [-0.2, 0) is 11.3 Å². The Kier molecular flexibility index (Phi) is 3.39. The van der Waals surface area contributed by atoms with E-state index in [9.17, 15) is 4.79 Å². The highest BCUT2D eigenvalue weighted by Gasteiger charge is 2.09. The molecule has 0 bridgehead atoms. The first kappa shape index (κ1) is 11.6. The molecule has 0 saturated carbocycles. The van der Waals surface area contributed by atoms with Crippen LogP contribution in [0.3, 0.4) is 0 Å². The van der Waals surface area contributed by atoms with Crippen LogP contribution in [0.5, 0.6) is 0 Å². The monoisotopic (exact) mass is 233 g/mol. The largest absolute Gasteiger partial charge is 0.481 e. The summed E-state index contributed by atoms with van der Waals surface area (Å²) in [4.78, 5) is 17.8. The van der Waals surface area contributed by atoms with Crippen LogP contribution in [0.15, 0.2) is 24.5 Å². The summed E-state index contributed by atoms with van der Waals surface area (Å²) < 4.78 is 0. The van der Waals surface area contributed by atoms with Gasteiger partial charge in [0.1, 0.15) is 0 Å². The van der Waals surface area contributed by atoms with Gasteiger partial charge in [-0.15, -0.1) is 0 Å². The molecule has 5 heteroatoms. The zero-order valence-corrected chi connectivity index (χ0v) is 9.60. The fourth-order valence-corrected chi connectivity index (χ4v) is 1.61. The van der Waals surface area contributed by atoms with Gasteiger partial charge in [0.15, 0.2) is 0 Å². The van der Waals surface area contributed by atoms with Crippen molar-refractivity contribution in [3.05, 3.63) is 30.1 Å². The fraction of sp³-hybridized carbons (Fsp3) is 0.333. The van der Waals surface area contributed by atoms with Crippen molar-refractivity contribution in [2.24, 2.45) is 5.92 Å². The highest BCUT2D eigenvalue weighted by atomic mass is 16.4. The van der Waals surface area contributed by atoms with Gasteiger partial charge < -0.3 is 15.4 Å². The van der Waals surface area contributed by atoms with Crippen molar-refractivity contribution in [3.63, 3.8) is 0 Å². The zero-order chi connectivity index (χ0) is 12.3. The normalized spacial score (nSPS) is 12.8. The number of aromatic nitrogens is 2. The third kappa shape index (κ3) is 2.82. The van der Waals surface area contributed by atoms with E-state index in [1.165, 1.54) is 0 Å². The van der Waals surface area contributed by atoms with Crippen LogP contribution in [0, 0.1) is 5.92 Å². The third-order valence-electron chi connectivity index (χ3n) is 2.69. The lowest BCUT2D eigenvalue weighted by atomic mass is 10.1. The molecule has 5 nitrogen and oxygen atoms in total. The summed E-state index contributed by atoms with van der Waals surface area (Å²) in [5.41, 5.74) is 3.04. The topological polar surface area (TPSA) is 78.0 Å². The van der Waals surface area contributed by atoms with Gasteiger partial charge in [-0.25, -0.2) is 4.98 Å². The predicted octanol–water partition coefficient (Wildman–Crippen LogP) is 1.37. The molecule has 0 amide bonds. The molecule has 0 fully saturated rings. The van der Waals surface area contributed by atoms with Crippen molar-refractivity contribution in [1.82, 2.24) is 15.3 Å². The number of aliphatic carboxylic acids is 1. The Labute approximate surface area is 98.9 Å². The molecule has 0 aliphatic rings. The summed E-state index contributed by atoms with van der Waals surface area (Å²) in [6.45, 7) is 2.82. The molecule has 1 heterocycles. The number of benzene rings is 1. The molecule has 1 atom stereocenters. The maximum atomic E-state index is 10.6. The number of hydrogen-bond acceptors (Lipinski definition) is 3. The molecular formula is C12H15N3O2. The maximum Gasteiger partial charge on any atom is 0.307 e. The maximum absolute atomic E-state index is 10.6. The van der Waals surface area contributed by atoms with E-state index in [0.717, 1.165) is 16.6 Å². The minimum Gasteiger partial charge on any atom is -0.481 e. The molecule has 2 aromatic rings. The van der Waals surface area contributed by atoms with E-state index in [1.54, 1.807) is 13.3 Å². The third-order valence-corrected chi connectivity index (χ3v) is 2.69. The Morgan fingerprint density at radius 2 is 2.41 bits per heavy atom. The Morgan fingerprint density at radius 3 is 3.18 bits per heavy atom. The van der Waals surface area contributed by atoms with Gasteiger partial charge in [-0.2, -0.15) is 0 Å². The highest BCUT2D eigenvalue weighted by Crippen LogP contribution is 2.11. The van der Waals surface area contributed by atoms with Crippen molar-refractivity contribution < 1.29 is 9.90 Å². The lowest BCUT2D eigenvalue weighted by Crippen LogP contribution is -2.25. The summed E-state index contributed by atoms with van der Waals surface area (Å²) in [6, 6.07) is 5.95. The number of hydrogen-bond donors (Lipinski definition) is 3. The van der Waals surface area contributed by atoms with Crippen LogP contribution in [0.1, 0.15) is 12.5 Å². The van der Waals surface area contributed by atoms with Crippen LogP contribution in [0.25, 0.3) is 11.0 Å². The molecule has 17 heavy (non-hydrogen) atoms. The molecule has 1 aromatic heterocycles. The molecule has 0 spiro atoms. The molecular weight excluding hydrogens is 218 g/mol. The number of rotatable bonds is 5. The molecule has 0 aliphatic carbocycles. The summed E-state index contributed by atoms with van der Waals surface area (Å²) in [5, 5.41) is 11.9. The second kappa shape index (κ2) is 4.97. The Morgan fingerprint density at radius 1 is 1.59 bits per heavy atom. The SMILES string of the molecule is CC(CNCc1ccc2nc[nH]c2c1)C(=O)O. The molecule has 1 aromatic carbocycles. The van der Waals surface area contributed by atoms with E-state index in [1.807, 2.05) is 18.2 Å². The van der Waals surface area contributed by atoms with E-state index in [-0.39, 0.29) is 5.92 Å². The molecule has 90 valence electrons. The summed E-state index contributed by atoms with van der Waals surface area (Å²) >= 11 is 0. The molecule has 2 rings (SSSR count). The van der Waals surface area contributed by atoms with Crippen molar-refractivity contribution in [3.8, 4) is 0 Å². The highest BCUT2D eigenvalue weighted by molar-refractivity contribution is 5.75. The minimum absolute atomic E-state index is 0.370. The fourth-order valence-electron chi connectivity index (χ4n) is 1.61. The molecule has 3 N–H and O–H groups in total. The lowest BCUT2D eigenvalue weighted by molar-refractivity contribution is -0.140. The van der Waals surface area contributed by atoms with Crippen molar-refractivity contribution >= 4 is 17.0 Å². The van der Waals surface area contributed by atoms with Gasteiger partial charge in [-0.05, 0) is 17.7 Å². The van der Waals surface area contributed by atoms with Crippen LogP contribution >= 0.6 is 0 Å². The first-order chi connectivity index (χ1) is 8.16. The Balaban J connectivity index is 1.92. The average Bonchev–Trinajstić information content (AvgIpc) is 2.75. The first-order valence-corrected chi connectivity index (χ1v) is 5.52. The summed E-state index contributed by atoms with van der Waals surface area (Å²) in [5.74, 6) is -1.15. The minimum atomic E-state index is -0.776. The quantitative estimate of drug-likeness (QED) is 0.729. The number of aromatic amines is 1. The van der Waals surface area contributed by atoms with Crippen LogP contribution in [0.4, 0.5) is 0 Å². The number of carboxylic acid groups (broad SMARTS) is 1. The van der Waals surface area contributed by atoms with Crippen molar-refractivity contribution in [1.29, 1.82) is 0 Å². The van der Waals surface area contributed by atoms with Crippen LogP contribution in [-0.4, -0.2) is 27.6 Å². The molecule has 0 aliphatic heterocycles. The van der Waals surface area contributed by atoms with Gasteiger partial charge in [-0.3, -0.25) is 4.79 Å². The van der Waals surface area contributed by atoms with Crippen molar-refractivity contribution in [2.45, 2.75) is 13.5 Å². The van der Waals surface area contributed by atoms with E-state index in [0.29, 0.717) is 13.1 Å². The van der Waals surface area contributed by atoms with Gasteiger partial charge in [0.25, 0.3) is 0 Å². The summed E-state index contributed by atoms with van der Waals surface area (Å²) in [6.07, 6.45) is 1.66. The van der Waals surface area contributed by atoms with Gasteiger partial charge in [-0.1, -0.05) is 13.0 Å². The van der Waals surface area contributed by atoms with Gasteiger partial charge in [0.05, 0.1) is 23.3 Å². The van der Waals surface area contributed by atoms with E-state index in [4.69, 9.17) is 5.11 Å². The standard InChI is InChI=1S/C12H15N3O2/c1-8(12(16)17)5-13-6-9-2-3-10-11(4-9)15-7-14-10/h2-4,7-8,13H,5-6H2,1H3,(H,14,15)(H,16,17). The molecule has 1 unspecified atom stereocenters. The number of H-pyrrole nitrogens is 1. The van der Waals surface area contributed by atoms with Gasteiger partial charge in [0, 0.05) is 13.1 Å². The predicted molar refractivity (Wildman–Crippen MR) is 64.6 cm³/mol. The smallest absolute Gasteiger partial charge is 0.307 e.